The lowest BCUT2D eigenvalue weighted by Crippen LogP contribution is -2.38. The minimum atomic E-state index is -0.463. The summed E-state index contributed by atoms with van der Waals surface area (Å²) in [4.78, 5) is 29.8. The first-order valence-electron chi connectivity index (χ1n) is 27.4. The monoisotopic (exact) mass is 881 g/mol. The predicted molar refractivity (Wildman–Crippen MR) is 265 cm³/mol. The Morgan fingerprint density at radius 3 is 1.19 bits per heavy atom. The second-order valence-electron chi connectivity index (χ2n) is 19.1. The molecule has 0 saturated carbocycles. The lowest BCUT2D eigenvalue weighted by Gasteiger charge is -2.28. The van der Waals surface area contributed by atoms with E-state index in [4.69, 9.17) is 9.47 Å². The van der Waals surface area contributed by atoms with E-state index in [1.807, 2.05) is 0 Å². The fraction of sp³-hybridized carbons (Fsp3) is 0.963. The number of carbonyl (C=O) groups is 2. The Kier molecular flexibility index (Phi) is 46.8. The average Bonchev–Trinajstić information content (AvgIpc) is 3.27. The molecule has 0 spiro atoms. The molecule has 0 fully saturated rings. The number of carbonyl (C=O) groups excluding carboxylic acids is 2. The number of esters is 2. The zero-order valence-corrected chi connectivity index (χ0v) is 42.3. The molecule has 0 radical (unpaired) electrons. The number of unbranched alkanes of at least 4 members (excludes halogenated alkanes) is 21. The van der Waals surface area contributed by atoms with Crippen LogP contribution < -0.4 is 0 Å². The van der Waals surface area contributed by atoms with Gasteiger partial charge in [-0.1, -0.05) is 176 Å². The van der Waals surface area contributed by atoms with Gasteiger partial charge in [-0.2, -0.15) is 0 Å². The first-order valence-corrected chi connectivity index (χ1v) is 27.4. The maximum Gasteiger partial charge on any atom is 0.305 e. The number of ether oxygens (including phenoxy) is 2. The van der Waals surface area contributed by atoms with Crippen molar-refractivity contribution in [1.29, 1.82) is 0 Å². The molecule has 0 aliphatic carbocycles. The van der Waals surface area contributed by atoms with Gasteiger partial charge >= 0.3 is 11.9 Å². The second kappa shape index (κ2) is 47.7. The molecule has 0 aliphatic rings. The topological polar surface area (TPSA) is 99.5 Å². The van der Waals surface area contributed by atoms with Crippen LogP contribution in [0.5, 0.6) is 0 Å². The van der Waals surface area contributed by atoms with Crippen LogP contribution in [0.25, 0.3) is 0 Å². The Bertz CT molecular complexity index is 883. The highest BCUT2D eigenvalue weighted by molar-refractivity contribution is 5.69. The summed E-state index contributed by atoms with van der Waals surface area (Å²) in [6.07, 6.45) is 40.3. The molecule has 0 saturated heterocycles. The molecule has 0 aromatic heterocycles. The van der Waals surface area contributed by atoms with E-state index < -0.39 is 6.23 Å². The van der Waals surface area contributed by atoms with Gasteiger partial charge < -0.3 is 24.6 Å². The number of aliphatic hydroxyl groups excluding tert-OH is 2. The van der Waals surface area contributed by atoms with Gasteiger partial charge in [0, 0.05) is 25.9 Å². The second-order valence-corrected chi connectivity index (χ2v) is 19.1. The molecule has 62 heavy (non-hydrogen) atoms. The van der Waals surface area contributed by atoms with E-state index >= 15 is 0 Å². The third-order valence-corrected chi connectivity index (χ3v) is 13.1. The third kappa shape index (κ3) is 40.3. The summed E-state index contributed by atoms with van der Waals surface area (Å²) >= 11 is 0. The number of aliphatic hydroxyl groups is 2. The maximum atomic E-state index is 12.6. The van der Waals surface area contributed by atoms with Crippen LogP contribution in [-0.4, -0.2) is 90.7 Å². The van der Waals surface area contributed by atoms with Crippen molar-refractivity contribution in [2.24, 2.45) is 11.8 Å². The summed E-state index contributed by atoms with van der Waals surface area (Å²) in [7, 11) is 0. The Hall–Kier alpha value is -1.22. The zero-order valence-electron chi connectivity index (χ0n) is 42.3. The van der Waals surface area contributed by atoms with E-state index in [1.165, 1.54) is 154 Å². The van der Waals surface area contributed by atoms with Crippen molar-refractivity contribution in [3.05, 3.63) is 0 Å². The van der Waals surface area contributed by atoms with E-state index in [2.05, 4.69) is 44.4 Å². The van der Waals surface area contributed by atoms with Gasteiger partial charge in [-0.15, -0.1) is 0 Å². The van der Waals surface area contributed by atoms with Gasteiger partial charge in [0.1, 0.15) is 6.23 Å². The fourth-order valence-corrected chi connectivity index (χ4v) is 8.80. The Balaban J connectivity index is 4.72. The van der Waals surface area contributed by atoms with Crippen LogP contribution in [0.2, 0.25) is 0 Å². The van der Waals surface area contributed by atoms with Crippen LogP contribution in [-0.2, 0) is 19.1 Å². The molecule has 370 valence electrons. The van der Waals surface area contributed by atoms with Crippen LogP contribution in [0.4, 0.5) is 0 Å². The van der Waals surface area contributed by atoms with E-state index in [-0.39, 0.29) is 18.5 Å². The normalized spacial score (nSPS) is 13.2. The standard InChI is InChI=1S/C54H108N2O6/c1-6-11-16-21-28-39-52(58)56(46-47-57)45-34-33-44-55(42-31-24-19-22-29-40-53(59)61-48-50(35-14-9-4)37-26-17-12-7-2)43-32-25-20-23-30-41-54(60)62-49-51(36-15-10-5)38-27-18-13-8-3/h50-52,57-58H,6-49H2,1-5H3. The lowest BCUT2D eigenvalue weighted by atomic mass is 9.96. The summed E-state index contributed by atoms with van der Waals surface area (Å²) in [5.74, 6) is 1.02. The van der Waals surface area contributed by atoms with Gasteiger partial charge in [0.05, 0.1) is 19.8 Å². The summed E-state index contributed by atoms with van der Waals surface area (Å²) in [5.41, 5.74) is 0. The van der Waals surface area contributed by atoms with E-state index in [9.17, 15) is 19.8 Å². The molecule has 0 heterocycles. The van der Waals surface area contributed by atoms with Gasteiger partial charge in [-0.05, 0) is 109 Å². The molecular weight excluding hydrogens is 773 g/mol. The maximum absolute atomic E-state index is 12.6. The summed E-state index contributed by atoms with van der Waals surface area (Å²) < 4.78 is 11.5. The molecular formula is C54H108N2O6. The van der Waals surface area contributed by atoms with Crippen LogP contribution in [0.3, 0.4) is 0 Å². The van der Waals surface area contributed by atoms with Crippen LogP contribution in [0.15, 0.2) is 0 Å². The molecule has 0 amide bonds. The summed E-state index contributed by atoms with van der Waals surface area (Å²) in [6.45, 7) is 17.1. The Morgan fingerprint density at radius 1 is 0.403 bits per heavy atom. The van der Waals surface area contributed by atoms with Crippen molar-refractivity contribution in [3.63, 3.8) is 0 Å². The summed E-state index contributed by atoms with van der Waals surface area (Å²) in [5, 5.41) is 20.6. The quantitative estimate of drug-likeness (QED) is 0.0354. The van der Waals surface area contributed by atoms with E-state index in [1.54, 1.807) is 0 Å². The first-order chi connectivity index (χ1) is 30.3. The molecule has 3 unspecified atom stereocenters. The van der Waals surface area contributed by atoms with Crippen molar-refractivity contribution in [3.8, 4) is 0 Å². The number of hydrogen-bond acceptors (Lipinski definition) is 8. The van der Waals surface area contributed by atoms with Crippen LogP contribution in [0.1, 0.15) is 266 Å². The Labute approximate surface area is 386 Å². The van der Waals surface area contributed by atoms with Gasteiger partial charge in [-0.3, -0.25) is 14.5 Å². The Morgan fingerprint density at radius 2 is 0.742 bits per heavy atom. The SMILES string of the molecule is CCCCCCCC(O)N(CCO)CCCCN(CCCCCCCC(=O)OCC(CCCC)CCCCCC)CCCCCCCC(=O)OCC(CCCC)CCCCCC. The fourth-order valence-electron chi connectivity index (χ4n) is 8.80. The molecule has 3 atom stereocenters. The molecule has 0 aromatic rings. The molecule has 2 N–H and O–H groups in total. The number of rotatable bonds is 50. The minimum Gasteiger partial charge on any atom is -0.465 e. The van der Waals surface area contributed by atoms with Crippen LogP contribution in [0, 0.1) is 11.8 Å². The van der Waals surface area contributed by atoms with Crippen molar-refractivity contribution in [2.45, 2.75) is 272 Å². The smallest absolute Gasteiger partial charge is 0.305 e. The summed E-state index contributed by atoms with van der Waals surface area (Å²) in [6, 6.07) is 0. The van der Waals surface area contributed by atoms with Crippen molar-refractivity contribution >= 4 is 11.9 Å². The van der Waals surface area contributed by atoms with E-state index in [0.717, 1.165) is 90.4 Å². The largest absolute Gasteiger partial charge is 0.465 e. The zero-order chi connectivity index (χ0) is 45.6. The van der Waals surface area contributed by atoms with Crippen molar-refractivity contribution < 1.29 is 29.3 Å². The molecule has 0 aliphatic heterocycles. The lowest BCUT2D eigenvalue weighted by molar-refractivity contribution is -0.146. The third-order valence-electron chi connectivity index (χ3n) is 13.1. The van der Waals surface area contributed by atoms with Gasteiger partial charge in [0.25, 0.3) is 0 Å². The molecule has 8 heteroatoms. The molecule has 0 aromatic carbocycles. The highest BCUT2D eigenvalue weighted by atomic mass is 16.5. The van der Waals surface area contributed by atoms with Crippen molar-refractivity contribution in [1.82, 2.24) is 9.80 Å². The average molecular weight is 881 g/mol. The van der Waals surface area contributed by atoms with Crippen LogP contribution >= 0.6 is 0 Å². The van der Waals surface area contributed by atoms with E-state index in [0.29, 0.717) is 44.4 Å². The van der Waals surface area contributed by atoms with Gasteiger partial charge in [0.2, 0.25) is 0 Å². The number of nitrogens with zero attached hydrogens (tertiary/aromatic N) is 2. The van der Waals surface area contributed by atoms with Crippen molar-refractivity contribution in [2.75, 3.05) is 52.5 Å². The molecule has 8 nitrogen and oxygen atoms in total. The highest BCUT2D eigenvalue weighted by Gasteiger charge is 2.16. The molecule has 0 bridgehead atoms. The first kappa shape index (κ1) is 60.8. The predicted octanol–water partition coefficient (Wildman–Crippen LogP) is 14.4. The van der Waals surface area contributed by atoms with Gasteiger partial charge in [0.15, 0.2) is 0 Å². The minimum absolute atomic E-state index is 0.0114. The van der Waals surface area contributed by atoms with Gasteiger partial charge in [-0.25, -0.2) is 0 Å². The molecule has 0 rings (SSSR count). The number of hydrogen-bond donors (Lipinski definition) is 2. The highest BCUT2D eigenvalue weighted by Crippen LogP contribution is 2.20.